The number of hydrogen-bond acceptors (Lipinski definition) is 3. The number of carbonyl (C=O) groups is 3. The summed E-state index contributed by atoms with van der Waals surface area (Å²) in [5.41, 5.74) is -1.70. The maximum atomic E-state index is 14.8. The van der Waals surface area contributed by atoms with Gasteiger partial charge in [-0.15, -0.1) is 0 Å². The molecule has 1 heterocycles. The van der Waals surface area contributed by atoms with Gasteiger partial charge >= 0.3 is 0 Å². The molecule has 206 valence electrons. The summed E-state index contributed by atoms with van der Waals surface area (Å²) in [6, 6.07) is 0.169. The number of piperidine rings is 1. The van der Waals surface area contributed by atoms with Gasteiger partial charge in [-0.05, 0) is 101 Å². The molecule has 1 saturated heterocycles. The summed E-state index contributed by atoms with van der Waals surface area (Å²) in [5.74, 6) is 1.61. The van der Waals surface area contributed by atoms with Gasteiger partial charge in [-0.25, -0.2) is 0 Å². The predicted molar refractivity (Wildman–Crippen MR) is 144 cm³/mol. The van der Waals surface area contributed by atoms with Gasteiger partial charge in [0.15, 0.2) is 0 Å². The van der Waals surface area contributed by atoms with Gasteiger partial charge in [0, 0.05) is 6.04 Å². The van der Waals surface area contributed by atoms with Crippen molar-refractivity contribution in [2.45, 2.75) is 141 Å². The van der Waals surface area contributed by atoms with Gasteiger partial charge in [-0.3, -0.25) is 19.7 Å². The van der Waals surface area contributed by atoms with E-state index in [-0.39, 0.29) is 23.8 Å². The molecule has 0 spiro atoms. The van der Waals surface area contributed by atoms with E-state index in [2.05, 4.69) is 17.6 Å². The lowest BCUT2D eigenvalue weighted by atomic mass is 9.42. The highest BCUT2D eigenvalue weighted by Gasteiger charge is 2.70. The van der Waals surface area contributed by atoms with Crippen molar-refractivity contribution in [3.8, 4) is 0 Å². The van der Waals surface area contributed by atoms with Gasteiger partial charge in [0.2, 0.25) is 17.7 Å². The number of fused-ring (bicyclic) bond motifs is 2. The van der Waals surface area contributed by atoms with Crippen LogP contribution in [0.2, 0.25) is 0 Å². The second-order valence-corrected chi connectivity index (χ2v) is 14.4. The summed E-state index contributed by atoms with van der Waals surface area (Å²) in [6.45, 7) is 2.22. The predicted octanol–water partition coefficient (Wildman–Crippen LogP) is 6.44. The fraction of sp³-hybridized carbons (Fsp3) is 0.906. The Bertz CT molecular complexity index is 850. The summed E-state index contributed by atoms with van der Waals surface area (Å²) < 4.78 is 0. The summed E-state index contributed by atoms with van der Waals surface area (Å²) in [6.07, 6.45) is 21.8. The molecule has 3 atom stereocenters. The van der Waals surface area contributed by atoms with E-state index in [1.54, 1.807) is 0 Å². The quantitative estimate of drug-likeness (QED) is 0.404. The first-order chi connectivity index (χ1) is 17.9. The second kappa shape index (κ2) is 9.97. The van der Waals surface area contributed by atoms with Gasteiger partial charge in [-0.2, -0.15) is 0 Å². The molecule has 6 fully saturated rings. The van der Waals surface area contributed by atoms with E-state index in [9.17, 15) is 14.4 Å². The van der Waals surface area contributed by atoms with Crippen LogP contribution < -0.4 is 10.6 Å². The van der Waals surface area contributed by atoms with Crippen molar-refractivity contribution in [2.24, 2.45) is 39.9 Å². The van der Waals surface area contributed by atoms with Gasteiger partial charge in [0.1, 0.15) is 0 Å². The van der Waals surface area contributed by atoms with Gasteiger partial charge in [0.05, 0.1) is 16.2 Å². The molecule has 6 aliphatic rings. The van der Waals surface area contributed by atoms with Gasteiger partial charge in [0.25, 0.3) is 0 Å². The summed E-state index contributed by atoms with van der Waals surface area (Å²) in [5, 5.41) is 6.56. The molecule has 6 rings (SSSR count). The lowest BCUT2D eigenvalue weighted by Gasteiger charge is -2.61. The van der Waals surface area contributed by atoms with Crippen LogP contribution in [0, 0.1) is 39.9 Å². The van der Waals surface area contributed by atoms with Crippen molar-refractivity contribution >= 4 is 17.7 Å². The maximum Gasteiger partial charge on any atom is 0.233 e. The highest BCUT2D eigenvalue weighted by molar-refractivity contribution is 6.05. The average Bonchev–Trinajstić information content (AvgIpc) is 3.71. The molecule has 5 saturated carbocycles. The van der Waals surface area contributed by atoms with Crippen molar-refractivity contribution in [3.63, 3.8) is 0 Å². The molecule has 2 N–H and O–H groups in total. The third-order valence-corrected chi connectivity index (χ3v) is 12.6. The molecule has 0 aromatic carbocycles. The Morgan fingerprint density at radius 2 is 1.11 bits per heavy atom. The van der Waals surface area contributed by atoms with Crippen LogP contribution >= 0.6 is 0 Å². The van der Waals surface area contributed by atoms with Crippen molar-refractivity contribution in [1.29, 1.82) is 0 Å². The van der Waals surface area contributed by atoms with Crippen LogP contribution in [0.25, 0.3) is 0 Å². The van der Waals surface area contributed by atoms with E-state index in [0.717, 1.165) is 38.5 Å². The Morgan fingerprint density at radius 3 is 1.59 bits per heavy atom. The monoisotopic (exact) mass is 510 g/mol. The Balaban J connectivity index is 1.43. The average molecular weight is 511 g/mol. The minimum absolute atomic E-state index is 0.0341. The Hall–Kier alpha value is -1.39. The van der Waals surface area contributed by atoms with Crippen LogP contribution in [0.1, 0.15) is 135 Å². The van der Waals surface area contributed by atoms with E-state index in [1.807, 2.05) is 0 Å². The van der Waals surface area contributed by atoms with Crippen molar-refractivity contribution in [2.75, 3.05) is 0 Å². The van der Waals surface area contributed by atoms with Crippen LogP contribution in [0.15, 0.2) is 0 Å². The van der Waals surface area contributed by atoms with Crippen molar-refractivity contribution < 1.29 is 14.4 Å². The zero-order valence-corrected chi connectivity index (χ0v) is 23.3. The van der Waals surface area contributed by atoms with E-state index in [1.165, 1.54) is 70.6 Å². The Kier molecular flexibility index (Phi) is 6.97. The zero-order valence-electron chi connectivity index (χ0n) is 23.3. The molecule has 0 aromatic heterocycles. The van der Waals surface area contributed by atoms with Gasteiger partial charge in [-0.1, -0.05) is 57.8 Å². The number of amides is 3. The molecule has 0 radical (unpaired) electrons. The first-order valence-corrected chi connectivity index (χ1v) is 16.1. The highest BCUT2D eigenvalue weighted by Crippen LogP contribution is 2.68. The van der Waals surface area contributed by atoms with E-state index >= 15 is 0 Å². The molecular weight excluding hydrogens is 460 g/mol. The molecule has 0 aromatic rings. The molecule has 37 heavy (non-hydrogen) atoms. The van der Waals surface area contributed by atoms with E-state index in [0.29, 0.717) is 42.9 Å². The minimum Gasteiger partial charge on any atom is -0.353 e. The van der Waals surface area contributed by atoms with E-state index < -0.39 is 16.2 Å². The van der Waals surface area contributed by atoms with Crippen LogP contribution in [0.4, 0.5) is 0 Å². The smallest absolute Gasteiger partial charge is 0.233 e. The first kappa shape index (κ1) is 25.9. The molecule has 2 unspecified atom stereocenters. The molecule has 2 bridgehead atoms. The number of nitrogens with one attached hydrogen (secondary N) is 2. The molecule has 5 aliphatic carbocycles. The fourth-order valence-electron chi connectivity index (χ4n) is 10.7. The summed E-state index contributed by atoms with van der Waals surface area (Å²) in [7, 11) is 0. The number of rotatable bonds is 6. The Morgan fingerprint density at radius 1 is 0.676 bits per heavy atom. The largest absolute Gasteiger partial charge is 0.353 e. The first-order valence-electron chi connectivity index (χ1n) is 16.1. The number of imide groups is 1. The van der Waals surface area contributed by atoms with Crippen molar-refractivity contribution in [1.82, 2.24) is 10.6 Å². The number of carbonyl (C=O) groups excluding carboxylic acids is 3. The lowest BCUT2D eigenvalue weighted by molar-refractivity contribution is -0.184. The molecule has 5 nitrogen and oxygen atoms in total. The summed E-state index contributed by atoms with van der Waals surface area (Å²) in [4.78, 5) is 42.8. The molecule has 3 amide bonds. The standard InChI is InChI=1S/C32H50N2O3/c1-22(23-11-3-2-4-12-23)33-27(35)30(24-13-5-6-14-24)19-31(25-15-7-8-16-25)21-32(20-30,26-17-9-10-18-26)29(37)34-28(31)36/h22-26H,2-21H2,1H3,(H,33,35)(H,34,36,37)/t22-,30?,31?,32?/m1/s1. The SMILES string of the molecule is C[C@@H](NC(=O)C1(C2CCCC2)CC2(C3CCCC3)CC(C3CCCC3)(C1)C(=O)NC2=O)C1CCCCC1. The number of hydrogen-bond donors (Lipinski definition) is 2. The van der Waals surface area contributed by atoms with Crippen LogP contribution in [-0.4, -0.2) is 23.8 Å². The molecular formula is C32H50N2O3. The van der Waals surface area contributed by atoms with Crippen LogP contribution in [0.5, 0.6) is 0 Å². The van der Waals surface area contributed by atoms with Gasteiger partial charge < -0.3 is 5.32 Å². The zero-order chi connectivity index (χ0) is 25.7. The third-order valence-electron chi connectivity index (χ3n) is 12.6. The highest BCUT2D eigenvalue weighted by atomic mass is 16.2. The van der Waals surface area contributed by atoms with E-state index in [4.69, 9.17) is 0 Å². The van der Waals surface area contributed by atoms with Crippen LogP contribution in [0.3, 0.4) is 0 Å². The normalized spacial score (nSPS) is 39.2. The minimum atomic E-state index is -0.587. The van der Waals surface area contributed by atoms with Crippen LogP contribution in [-0.2, 0) is 14.4 Å². The Labute approximate surface area is 224 Å². The molecule has 1 aliphatic heterocycles. The third kappa shape index (κ3) is 4.20. The second-order valence-electron chi connectivity index (χ2n) is 14.4. The topological polar surface area (TPSA) is 75.3 Å². The lowest BCUT2D eigenvalue weighted by Crippen LogP contribution is -2.70. The fourth-order valence-corrected chi connectivity index (χ4v) is 10.7. The van der Waals surface area contributed by atoms with Crippen molar-refractivity contribution in [3.05, 3.63) is 0 Å². The summed E-state index contributed by atoms with van der Waals surface area (Å²) >= 11 is 0. The molecule has 5 heteroatoms. The maximum absolute atomic E-state index is 14.8.